The molecule has 1 aromatic rings. The molecule has 1 heterocycles. The molecule has 1 aliphatic heterocycles. The van der Waals surface area contributed by atoms with E-state index in [0.29, 0.717) is 13.2 Å². The lowest BCUT2D eigenvalue weighted by molar-refractivity contribution is -0.274. The molecule has 0 unspecified atom stereocenters. The number of rotatable bonds is 4. The fourth-order valence-corrected chi connectivity index (χ4v) is 2.46. The Balaban J connectivity index is 2.14. The van der Waals surface area contributed by atoms with Gasteiger partial charge in [0.25, 0.3) is 5.91 Å². The first-order valence-electron chi connectivity index (χ1n) is 6.56. The molecule has 116 valence electrons. The van der Waals surface area contributed by atoms with Gasteiger partial charge in [0.05, 0.1) is 12.6 Å². The maximum atomic E-state index is 12.4. The van der Waals surface area contributed by atoms with E-state index in [2.05, 4.69) is 4.74 Å². The highest BCUT2D eigenvalue weighted by molar-refractivity contribution is 5.95. The number of carbonyl (C=O) groups is 1. The number of amides is 1. The maximum absolute atomic E-state index is 12.4. The minimum Gasteiger partial charge on any atom is -0.406 e. The number of benzene rings is 1. The highest BCUT2D eigenvalue weighted by Gasteiger charge is 2.32. The number of hydrogen-bond donors (Lipinski definition) is 0. The molecule has 1 atom stereocenters. The van der Waals surface area contributed by atoms with Gasteiger partial charge in [0.15, 0.2) is 0 Å². The Morgan fingerprint density at radius 3 is 2.86 bits per heavy atom. The van der Waals surface area contributed by atoms with Gasteiger partial charge in [-0.05, 0) is 31.0 Å². The third-order valence-electron chi connectivity index (χ3n) is 3.31. The number of hydrogen-bond acceptors (Lipinski definition) is 3. The van der Waals surface area contributed by atoms with Gasteiger partial charge in [-0.25, -0.2) is 0 Å². The molecule has 0 aliphatic carbocycles. The van der Waals surface area contributed by atoms with E-state index in [4.69, 9.17) is 4.74 Å². The lowest BCUT2D eigenvalue weighted by atomic mass is 10.1. The highest BCUT2D eigenvalue weighted by atomic mass is 19.4. The lowest BCUT2D eigenvalue weighted by Gasteiger charge is -2.24. The molecule has 4 nitrogen and oxygen atoms in total. The summed E-state index contributed by atoms with van der Waals surface area (Å²) < 4.78 is 45.5. The second-order valence-electron chi connectivity index (χ2n) is 4.83. The van der Waals surface area contributed by atoms with Gasteiger partial charge < -0.3 is 14.4 Å². The normalized spacial score (nSPS) is 18.9. The Hall–Kier alpha value is -1.76. The van der Waals surface area contributed by atoms with Gasteiger partial charge in [0, 0.05) is 19.2 Å². The van der Waals surface area contributed by atoms with E-state index in [-0.39, 0.29) is 17.5 Å². The molecule has 0 spiro atoms. The van der Waals surface area contributed by atoms with Gasteiger partial charge in [-0.3, -0.25) is 4.79 Å². The van der Waals surface area contributed by atoms with Gasteiger partial charge in [0.2, 0.25) is 0 Å². The van der Waals surface area contributed by atoms with Crippen LogP contribution in [0.1, 0.15) is 23.2 Å². The predicted molar refractivity (Wildman–Crippen MR) is 69.1 cm³/mol. The van der Waals surface area contributed by atoms with Crippen molar-refractivity contribution < 1.29 is 27.4 Å². The molecule has 0 aromatic heterocycles. The number of alkyl halides is 3. The molecule has 1 fully saturated rings. The van der Waals surface area contributed by atoms with Crippen molar-refractivity contribution in [3.63, 3.8) is 0 Å². The summed E-state index contributed by atoms with van der Waals surface area (Å²) in [4.78, 5) is 14.0. The summed E-state index contributed by atoms with van der Waals surface area (Å²) in [7, 11) is 1.55. The molecule has 1 amide bonds. The summed E-state index contributed by atoms with van der Waals surface area (Å²) in [5.74, 6) is -0.696. The van der Waals surface area contributed by atoms with E-state index in [1.54, 1.807) is 12.0 Å². The molecule has 21 heavy (non-hydrogen) atoms. The van der Waals surface area contributed by atoms with E-state index in [9.17, 15) is 18.0 Å². The Bertz CT molecular complexity index is 504. The number of nitrogens with zero attached hydrogens (tertiary/aromatic N) is 1. The molecule has 0 bridgehead atoms. The third kappa shape index (κ3) is 4.10. The topological polar surface area (TPSA) is 38.8 Å². The van der Waals surface area contributed by atoms with Gasteiger partial charge >= 0.3 is 6.36 Å². The number of methoxy groups -OCH3 is 1. The first kappa shape index (κ1) is 15.6. The monoisotopic (exact) mass is 303 g/mol. The largest absolute Gasteiger partial charge is 0.573 e. The van der Waals surface area contributed by atoms with Crippen LogP contribution in [0.2, 0.25) is 0 Å². The molecule has 2 rings (SSSR count). The van der Waals surface area contributed by atoms with Crippen molar-refractivity contribution in [1.82, 2.24) is 4.90 Å². The minimum absolute atomic E-state index is 0.0327. The molecule has 0 N–H and O–H groups in total. The summed E-state index contributed by atoms with van der Waals surface area (Å²) in [5, 5.41) is 0. The van der Waals surface area contributed by atoms with Crippen molar-refractivity contribution in [2.45, 2.75) is 25.2 Å². The third-order valence-corrected chi connectivity index (χ3v) is 3.31. The summed E-state index contributed by atoms with van der Waals surface area (Å²) in [6.07, 6.45) is -3.08. The average molecular weight is 303 g/mol. The van der Waals surface area contributed by atoms with Crippen LogP contribution in [0, 0.1) is 0 Å². The van der Waals surface area contributed by atoms with E-state index >= 15 is 0 Å². The van der Waals surface area contributed by atoms with Crippen molar-refractivity contribution in [2.24, 2.45) is 0 Å². The summed E-state index contributed by atoms with van der Waals surface area (Å²) in [6.45, 7) is 1.00. The Kier molecular flexibility index (Phi) is 4.72. The quantitative estimate of drug-likeness (QED) is 0.858. The fourth-order valence-electron chi connectivity index (χ4n) is 2.46. The smallest absolute Gasteiger partial charge is 0.406 e. The van der Waals surface area contributed by atoms with Crippen molar-refractivity contribution in [3.05, 3.63) is 29.8 Å². The van der Waals surface area contributed by atoms with Gasteiger partial charge in [0.1, 0.15) is 5.75 Å². The Labute approximate surface area is 120 Å². The van der Waals surface area contributed by atoms with Gasteiger partial charge in [-0.15, -0.1) is 13.2 Å². The standard InChI is InChI=1S/C14H16F3NO3/c1-20-9-11-5-3-7-18(11)13(19)10-4-2-6-12(8-10)21-14(15,16)17/h2,4,6,8,11H,3,5,7,9H2,1H3/t11-/m0/s1. The van der Waals surface area contributed by atoms with Crippen LogP contribution in [0.15, 0.2) is 24.3 Å². The van der Waals surface area contributed by atoms with Crippen LogP contribution in [0.5, 0.6) is 5.75 Å². The molecule has 1 aromatic carbocycles. The lowest BCUT2D eigenvalue weighted by Crippen LogP contribution is -2.38. The van der Waals surface area contributed by atoms with Crippen molar-refractivity contribution in [2.75, 3.05) is 20.3 Å². The van der Waals surface area contributed by atoms with Gasteiger partial charge in [-0.2, -0.15) is 0 Å². The summed E-state index contributed by atoms with van der Waals surface area (Å²) >= 11 is 0. The second kappa shape index (κ2) is 6.34. The Morgan fingerprint density at radius 2 is 2.19 bits per heavy atom. The molecular formula is C14H16F3NO3. The minimum atomic E-state index is -4.77. The zero-order valence-electron chi connectivity index (χ0n) is 11.5. The van der Waals surface area contributed by atoms with E-state index < -0.39 is 12.1 Å². The van der Waals surface area contributed by atoms with Crippen molar-refractivity contribution >= 4 is 5.91 Å². The number of likely N-dealkylation sites (tertiary alicyclic amines) is 1. The first-order chi connectivity index (χ1) is 9.90. The highest BCUT2D eigenvalue weighted by Crippen LogP contribution is 2.25. The van der Waals surface area contributed by atoms with E-state index in [0.717, 1.165) is 18.9 Å². The van der Waals surface area contributed by atoms with E-state index in [1.807, 2.05) is 0 Å². The fraction of sp³-hybridized carbons (Fsp3) is 0.500. The Morgan fingerprint density at radius 1 is 1.43 bits per heavy atom. The van der Waals surface area contributed by atoms with Gasteiger partial charge in [-0.1, -0.05) is 6.07 Å². The number of ether oxygens (including phenoxy) is 2. The first-order valence-corrected chi connectivity index (χ1v) is 6.56. The van der Waals surface area contributed by atoms with Crippen LogP contribution in [0.25, 0.3) is 0 Å². The zero-order chi connectivity index (χ0) is 15.5. The van der Waals surface area contributed by atoms with Crippen LogP contribution in [0.3, 0.4) is 0 Å². The SMILES string of the molecule is COC[C@@H]1CCCN1C(=O)c1cccc(OC(F)(F)F)c1. The van der Waals surface area contributed by atoms with Crippen LogP contribution in [0.4, 0.5) is 13.2 Å². The molecule has 1 saturated heterocycles. The predicted octanol–water partition coefficient (Wildman–Crippen LogP) is 2.84. The molecule has 1 aliphatic rings. The van der Waals surface area contributed by atoms with Crippen LogP contribution >= 0.6 is 0 Å². The van der Waals surface area contributed by atoms with Crippen LogP contribution < -0.4 is 4.74 Å². The number of carbonyl (C=O) groups excluding carboxylic acids is 1. The summed E-state index contributed by atoms with van der Waals surface area (Å²) in [6, 6.07) is 5.09. The zero-order valence-corrected chi connectivity index (χ0v) is 11.5. The van der Waals surface area contributed by atoms with Crippen molar-refractivity contribution in [1.29, 1.82) is 0 Å². The maximum Gasteiger partial charge on any atom is 0.573 e. The molecular weight excluding hydrogens is 287 g/mol. The summed E-state index contributed by atoms with van der Waals surface area (Å²) in [5.41, 5.74) is 0.180. The molecule has 7 heteroatoms. The van der Waals surface area contributed by atoms with Crippen LogP contribution in [-0.4, -0.2) is 43.5 Å². The molecule has 0 radical (unpaired) electrons. The average Bonchev–Trinajstić information content (AvgIpc) is 2.85. The number of halogens is 3. The van der Waals surface area contributed by atoms with E-state index in [1.165, 1.54) is 18.2 Å². The van der Waals surface area contributed by atoms with Crippen LogP contribution in [-0.2, 0) is 4.74 Å². The second-order valence-corrected chi connectivity index (χ2v) is 4.83. The van der Waals surface area contributed by atoms with Crippen molar-refractivity contribution in [3.8, 4) is 5.75 Å². The molecule has 0 saturated carbocycles.